The van der Waals surface area contributed by atoms with Crippen LogP contribution in [0.1, 0.15) is 24.5 Å². The molecule has 1 rings (SSSR count). The first-order chi connectivity index (χ1) is 9.58. The van der Waals surface area contributed by atoms with Crippen molar-refractivity contribution >= 4 is 5.91 Å². The van der Waals surface area contributed by atoms with Crippen LogP contribution in [0.15, 0.2) is 36.4 Å². The van der Waals surface area contributed by atoms with E-state index in [-0.39, 0.29) is 5.75 Å². The number of methoxy groups -OCH3 is 1. The van der Waals surface area contributed by atoms with E-state index in [1.165, 1.54) is 30.8 Å². The van der Waals surface area contributed by atoms with Crippen LogP contribution in [-0.4, -0.2) is 34.5 Å². The quantitative estimate of drug-likeness (QED) is 0.343. The topological polar surface area (TPSA) is 99.0 Å². The van der Waals surface area contributed by atoms with E-state index in [9.17, 15) is 15.0 Å². The molecule has 110 valence electrons. The molecule has 0 fully saturated rings. The van der Waals surface area contributed by atoms with Crippen molar-refractivity contribution in [3.05, 3.63) is 42.0 Å². The molecule has 2 atom stereocenters. The van der Waals surface area contributed by atoms with Crippen molar-refractivity contribution in [2.45, 2.75) is 25.0 Å². The molecule has 20 heavy (non-hydrogen) atoms. The van der Waals surface area contributed by atoms with Crippen LogP contribution in [0.5, 0.6) is 5.75 Å². The SMILES string of the molecule is CO[C@@H](CC/C=C/C(=O)NO)[C@@H](O)c1ccc(O)cc1. The van der Waals surface area contributed by atoms with E-state index in [1.807, 2.05) is 0 Å². The zero-order chi connectivity index (χ0) is 15.0. The maximum absolute atomic E-state index is 10.8. The van der Waals surface area contributed by atoms with Crippen LogP contribution >= 0.6 is 0 Å². The molecule has 6 heteroatoms. The van der Waals surface area contributed by atoms with Gasteiger partial charge in [0.25, 0.3) is 5.91 Å². The van der Waals surface area contributed by atoms with Gasteiger partial charge < -0.3 is 14.9 Å². The minimum Gasteiger partial charge on any atom is -0.508 e. The molecule has 0 aliphatic rings. The zero-order valence-corrected chi connectivity index (χ0v) is 11.2. The number of benzene rings is 1. The van der Waals surface area contributed by atoms with Crippen LogP contribution < -0.4 is 5.48 Å². The molecule has 0 aromatic heterocycles. The molecule has 1 amide bonds. The van der Waals surface area contributed by atoms with Gasteiger partial charge in [-0.3, -0.25) is 10.0 Å². The molecule has 0 radical (unpaired) electrons. The first kappa shape index (κ1) is 16.2. The Bertz CT molecular complexity index is 443. The largest absolute Gasteiger partial charge is 0.508 e. The Hall–Kier alpha value is -1.89. The van der Waals surface area contributed by atoms with Gasteiger partial charge in [0, 0.05) is 13.2 Å². The second kappa shape index (κ2) is 8.31. The second-order valence-corrected chi connectivity index (χ2v) is 4.27. The highest BCUT2D eigenvalue weighted by Crippen LogP contribution is 2.23. The van der Waals surface area contributed by atoms with Gasteiger partial charge in [-0.25, -0.2) is 5.48 Å². The lowest BCUT2D eigenvalue weighted by atomic mass is 10.0. The molecule has 6 nitrogen and oxygen atoms in total. The third kappa shape index (κ3) is 5.00. The van der Waals surface area contributed by atoms with E-state index in [1.54, 1.807) is 18.2 Å². The molecule has 0 saturated heterocycles. The molecule has 0 aliphatic carbocycles. The number of hydrogen-bond donors (Lipinski definition) is 4. The van der Waals surface area contributed by atoms with E-state index in [2.05, 4.69) is 0 Å². The lowest BCUT2D eigenvalue weighted by Gasteiger charge is -2.21. The Labute approximate surface area is 117 Å². The van der Waals surface area contributed by atoms with Gasteiger partial charge in [0.15, 0.2) is 0 Å². The highest BCUT2D eigenvalue weighted by Gasteiger charge is 2.19. The van der Waals surface area contributed by atoms with E-state index >= 15 is 0 Å². The highest BCUT2D eigenvalue weighted by atomic mass is 16.5. The molecule has 0 aliphatic heterocycles. The summed E-state index contributed by atoms with van der Waals surface area (Å²) in [6.45, 7) is 0. The predicted molar refractivity (Wildman–Crippen MR) is 72.2 cm³/mol. The number of ether oxygens (including phenoxy) is 1. The van der Waals surface area contributed by atoms with Crippen molar-refractivity contribution in [1.82, 2.24) is 5.48 Å². The van der Waals surface area contributed by atoms with Crippen LogP contribution in [0, 0.1) is 0 Å². The number of rotatable bonds is 7. The number of amides is 1. The van der Waals surface area contributed by atoms with Gasteiger partial charge in [-0.15, -0.1) is 0 Å². The lowest BCUT2D eigenvalue weighted by molar-refractivity contribution is -0.124. The summed E-state index contributed by atoms with van der Waals surface area (Å²) in [7, 11) is 1.50. The number of allylic oxidation sites excluding steroid dienone is 1. The fourth-order valence-corrected chi connectivity index (χ4v) is 1.78. The van der Waals surface area contributed by atoms with Crippen LogP contribution in [0.4, 0.5) is 0 Å². The van der Waals surface area contributed by atoms with Gasteiger partial charge in [-0.1, -0.05) is 18.2 Å². The van der Waals surface area contributed by atoms with Crippen LogP contribution in [0.25, 0.3) is 0 Å². The lowest BCUT2D eigenvalue weighted by Crippen LogP contribution is -2.20. The summed E-state index contributed by atoms with van der Waals surface area (Å²) in [5.74, 6) is -0.467. The number of carbonyl (C=O) groups is 1. The summed E-state index contributed by atoms with van der Waals surface area (Å²) < 4.78 is 5.23. The third-order valence-corrected chi connectivity index (χ3v) is 2.89. The zero-order valence-electron chi connectivity index (χ0n) is 11.2. The summed E-state index contributed by atoms with van der Waals surface area (Å²) in [5, 5.41) is 27.7. The number of aliphatic hydroxyl groups excluding tert-OH is 1. The smallest absolute Gasteiger partial charge is 0.267 e. The Balaban J connectivity index is 2.55. The van der Waals surface area contributed by atoms with E-state index in [4.69, 9.17) is 9.94 Å². The monoisotopic (exact) mass is 281 g/mol. The number of phenolic OH excluding ortho intramolecular Hbond substituents is 1. The first-order valence-electron chi connectivity index (χ1n) is 6.19. The van der Waals surface area contributed by atoms with Crippen molar-refractivity contribution < 1.29 is 25.0 Å². The summed E-state index contributed by atoms with van der Waals surface area (Å²) in [5.41, 5.74) is 2.14. The maximum Gasteiger partial charge on any atom is 0.267 e. The highest BCUT2D eigenvalue weighted by molar-refractivity contribution is 5.86. The summed E-state index contributed by atoms with van der Waals surface area (Å²) in [6, 6.07) is 6.25. The first-order valence-corrected chi connectivity index (χ1v) is 6.19. The van der Waals surface area contributed by atoms with Gasteiger partial charge in [0.2, 0.25) is 0 Å². The minimum atomic E-state index is -0.819. The Kier molecular flexibility index (Phi) is 6.72. The fraction of sp³-hybridized carbons (Fsp3) is 0.357. The molecule has 0 bridgehead atoms. The molecule has 0 heterocycles. The number of nitrogens with one attached hydrogen (secondary N) is 1. The van der Waals surface area contributed by atoms with Crippen molar-refractivity contribution in [2.24, 2.45) is 0 Å². The average Bonchev–Trinajstić information content (AvgIpc) is 2.47. The number of hydrogen-bond acceptors (Lipinski definition) is 5. The molecular weight excluding hydrogens is 262 g/mol. The van der Waals surface area contributed by atoms with Crippen molar-refractivity contribution in [3.8, 4) is 5.75 Å². The van der Waals surface area contributed by atoms with Crippen molar-refractivity contribution in [3.63, 3.8) is 0 Å². The molecule has 0 unspecified atom stereocenters. The Morgan fingerprint density at radius 2 is 2.05 bits per heavy atom. The van der Waals surface area contributed by atoms with Gasteiger partial charge >= 0.3 is 0 Å². The standard InChI is InChI=1S/C14H19NO5/c1-20-12(4-2-3-5-13(17)15-19)14(18)10-6-8-11(16)9-7-10/h3,5-9,12,14,16,18-19H,2,4H2,1H3,(H,15,17)/b5-3+/t12-,14-/m0/s1. The molecule has 4 N–H and O–H groups in total. The van der Waals surface area contributed by atoms with Crippen molar-refractivity contribution in [2.75, 3.05) is 7.11 Å². The second-order valence-electron chi connectivity index (χ2n) is 4.27. The minimum absolute atomic E-state index is 0.132. The normalized spacial score (nSPS) is 14.2. The molecule has 0 saturated carbocycles. The third-order valence-electron chi connectivity index (χ3n) is 2.89. The molecule has 1 aromatic rings. The summed E-state index contributed by atoms with van der Waals surface area (Å²) >= 11 is 0. The Morgan fingerprint density at radius 3 is 2.60 bits per heavy atom. The predicted octanol–water partition coefficient (Wildman–Crippen LogP) is 1.28. The van der Waals surface area contributed by atoms with E-state index in [0.717, 1.165) is 0 Å². The summed E-state index contributed by atoms with van der Waals surface area (Å²) in [4.78, 5) is 10.8. The maximum atomic E-state index is 10.8. The van der Waals surface area contributed by atoms with Crippen molar-refractivity contribution in [1.29, 1.82) is 0 Å². The number of aliphatic hydroxyl groups is 1. The molecule has 0 spiro atoms. The fourth-order valence-electron chi connectivity index (χ4n) is 1.78. The summed E-state index contributed by atoms with van der Waals surface area (Å²) in [6.07, 6.45) is 2.57. The van der Waals surface area contributed by atoms with Gasteiger partial charge in [-0.2, -0.15) is 0 Å². The number of carbonyl (C=O) groups excluding carboxylic acids is 1. The van der Waals surface area contributed by atoms with Crippen LogP contribution in [-0.2, 0) is 9.53 Å². The molecule has 1 aromatic carbocycles. The van der Waals surface area contributed by atoms with Crippen LogP contribution in [0.3, 0.4) is 0 Å². The van der Waals surface area contributed by atoms with Crippen LogP contribution in [0.2, 0.25) is 0 Å². The molecular formula is C14H19NO5. The Morgan fingerprint density at radius 1 is 1.40 bits per heavy atom. The van der Waals surface area contributed by atoms with E-state index in [0.29, 0.717) is 18.4 Å². The van der Waals surface area contributed by atoms with E-state index < -0.39 is 18.1 Å². The number of phenols is 1. The number of hydroxylamine groups is 1. The number of aromatic hydroxyl groups is 1. The van der Waals surface area contributed by atoms with Gasteiger partial charge in [0.1, 0.15) is 11.9 Å². The van der Waals surface area contributed by atoms with Gasteiger partial charge in [-0.05, 0) is 30.5 Å². The average molecular weight is 281 g/mol. The van der Waals surface area contributed by atoms with Gasteiger partial charge in [0.05, 0.1) is 6.10 Å².